The van der Waals surface area contributed by atoms with E-state index in [4.69, 9.17) is 5.11 Å². The maximum absolute atomic E-state index is 10.1. The molecule has 0 saturated carbocycles. The molecule has 1 heterocycles. The summed E-state index contributed by atoms with van der Waals surface area (Å²) in [6, 6.07) is 0. The Hall–Kier alpha value is -0.835. The van der Waals surface area contributed by atoms with Gasteiger partial charge in [0, 0.05) is 0 Å². The molecule has 0 aliphatic rings. The molecule has 0 unspecified atom stereocenters. The van der Waals surface area contributed by atoms with E-state index >= 15 is 0 Å². The standard InChI is InChI=1S/C4H4BNO2S/c7-4(8)5-6-1-2-9-3-6/h1-3,5H/p+1. The van der Waals surface area contributed by atoms with Gasteiger partial charge in [0.2, 0.25) is 0 Å². The van der Waals surface area contributed by atoms with Gasteiger partial charge in [0.1, 0.15) is 0 Å². The maximum Gasteiger partial charge on any atom is 0.592 e. The molecule has 0 bridgehead atoms. The summed E-state index contributed by atoms with van der Waals surface area (Å²) in [6.07, 6.45) is 1.73. The van der Waals surface area contributed by atoms with Crippen LogP contribution in [0.15, 0.2) is 17.1 Å². The summed E-state index contributed by atoms with van der Waals surface area (Å²) in [4.78, 5) is 10.1. The fourth-order valence-corrected chi connectivity index (χ4v) is 1.11. The molecule has 46 valence electrons. The lowest BCUT2D eigenvalue weighted by atomic mass is 9.96. The molecule has 9 heavy (non-hydrogen) atoms. The van der Waals surface area contributed by atoms with Crippen molar-refractivity contribution in [1.82, 2.24) is 0 Å². The van der Waals surface area contributed by atoms with Crippen molar-refractivity contribution >= 4 is 24.6 Å². The zero-order valence-electron chi connectivity index (χ0n) is 4.65. The van der Waals surface area contributed by atoms with Crippen LogP contribution in [0.3, 0.4) is 0 Å². The highest BCUT2D eigenvalue weighted by atomic mass is 32.1. The van der Waals surface area contributed by atoms with Crippen molar-refractivity contribution in [3.8, 4) is 0 Å². The van der Waals surface area contributed by atoms with Gasteiger partial charge in [-0.25, -0.2) is 0 Å². The van der Waals surface area contributed by atoms with E-state index in [2.05, 4.69) is 0 Å². The van der Waals surface area contributed by atoms with Gasteiger partial charge in [0.25, 0.3) is 0 Å². The largest absolute Gasteiger partial charge is 0.592 e. The number of nitrogens with zero attached hydrogens (tertiary/aromatic N) is 1. The van der Waals surface area contributed by atoms with E-state index in [1.54, 1.807) is 16.2 Å². The highest BCUT2D eigenvalue weighted by Gasteiger charge is 2.12. The van der Waals surface area contributed by atoms with Crippen LogP contribution >= 0.6 is 11.3 Å². The van der Waals surface area contributed by atoms with Crippen molar-refractivity contribution in [2.75, 3.05) is 0 Å². The lowest BCUT2D eigenvalue weighted by Crippen LogP contribution is -2.41. The third kappa shape index (κ3) is 1.85. The van der Waals surface area contributed by atoms with Crippen molar-refractivity contribution < 1.29 is 14.4 Å². The summed E-state index contributed by atoms with van der Waals surface area (Å²) in [5.41, 5.74) is 1.76. The molecular formula is C4H5BNO2S+. The molecule has 0 amide bonds. The van der Waals surface area contributed by atoms with Crippen LogP contribution in [0.1, 0.15) is 0 Å². The number of thiazole rings is 1. The van der Waals surface area contributed by atoms with E-state index < -0.39 is 5.87 Å². The normalized spacial score (nSPS) is 8.89. The Morgan fingerprint density at radius 1 is 1.78 bits per heavy atom. The minimum Gasteiger partial charge on any atom is -0.483 e. The van der Waals surface area contributed by atoms with Gasteiger partial charge in [-0.1, -0.05) is 11.3 Å². The summed E-state index contributed by atoms with van der Waals surface area (Å²) in [5, 5.41) is 10.1. The average molecular weight is 142 g/mol. The molecule has 1 N–H and O–H groups in total. The predicted molar refractivity (Wildman–Crippen MR) is 35.1 cm³/mol. The zero-order chi connectivity index (χ0) is 6.69. The Morgan fingerprint density at radius 2 is 2.56 bits per heavy atom. The smallest absolute Gasteiger partial charge is 0.483 e. The first-order chi connectivity index (χ1) is 4.29. The number of hydrogen-bond donors (Lipinski definition) is 1. The Bertz CT molecular complexity index is 198. The zero-order valence-corrected chi connectivity index (χ0v) is 5.47. The van der Waals surface area contributed by atoms with Gasteiger partial charge >= 0.3 is 13.3 Å². The van der Waals surface area contributed by atoms with E-state index in [1.807, 2.05) is 5.38 Å². The van der Waals surface area contributed by atoms with Gasteiger partial charge in [-0.2, -0.15) is 0 Å². The molecular weight excluding hydrogens is 137 g/mol. The van der Waals surface area contributed by atoms with E-state index in [9.17, 15) is 4.79 Å². The van der Waals surface area contributed by atoms with Crippen molar-refractivity contribution in [2.45, 2.75) is 0 Å². The number of carboxylic acid groups (broad SMARTS) is 1. The van der Waals surface area contributed by atoms with Crippen molar-refractivity contribution in [3.05, 3.63) is 17.1 Å². The van der Waals surface area contributed by atoms with Gasteiger partial charge in [0.05, 0.1) is 5.38 Å². The van der Waals surface area contributed by atoms with Crippen molar-refractivity contribution in [3.63, 3.8) is 0 Å². The van der Waals surface area contributed by atoms with E-state index in [-0.39, 0.29) is 7.41 Å². The fraction of sp³-hybridized carbons (Fsp3) is 0. The third-order valence-corrected chi connectivity index (χ3v) is 1.52. The van der Waals surface area contributed by atoms with Crippen LogP contribution in [0.25, 0.3) is 0 Å². The first kappa shape index (κ1) is 6.29. The second kappa shape index (κ2) is 2.64. The minimum absolute atomic E-state index is 0.0590. The fourth-order valence-electron chi connectivity index (χ4n) is 0.508. The van der Waals surface area contributed by atoms with E-state index in [1.165, 1.54) is 11.3 Å². The van der Waals surface area contributed by atoms with Crippen LogP contribution in [0.5, 0.6) is 0 Å². The first-order valence-corrected chi connectivity index (χ1v) is 3.36. The molecule has 0 aromatic carbocycles. The van der Waals surface area contributed by atoms with E-state index in [0.29, 0.717) is 0 Å². The van der Waals surface area contributed by atoms with Crippen LogP contribution in [0, 0.1) is 0 Å². The van der Waals surface area contributed by atoms with Crippen LogP contribution in [0.2, 0.25) is 0 Å². The van der Waals surface area contributed by atoms with Crippen molar-refractivity contribution in [2.24, 2.45) is 0 Å². The summed E-state index contributed by atoms with van der Waals surface area (Å²) in [7, 11) is 0.0590. The Balaban J connectivity index is 2.58. The van der Waals surface area contributed by atoms with Crippen LogP contribution in [0.4, 0.5) is 4.79 Å². The highest BCUT2D eigenvalue weighted by Crippen LogP contribution is 1.85. The SMILES string of the molecule is O=C(O)B[n+]1ccsc1. The Kier molecular flexibility index (Phi) is 1.84. The number of carbonyl (C=O) groups is 1. The molecule has 0 fully saturated rings. The molecule has 0 atom stereocenters. The van der Waals surface area contributed by atoms with Gasteiger partial charge < -0.3 is 5.11 Å². The summed E-state index contributed by atoms with van der Waals surface area (Å²) < 4.78 is 1.62. The summed E-state index contributed by atoms with van der Waals surface area (Å²) in [5.74, 6) is -0.807. The summed E-state index contributed by atoms with van der Waals surface area (Å²) >= 11 is 1.48. The van der Waals surface area contributed by atoms with Gasteiger partial charge in [0.15, 0.2) is 11.7 Å². The Morgan fingerprint density at radius 3 is 3.00 bits per heavy atom. The quantitative estimate of drug-likeness (QED) is 0.586. The second-order valence-corrected chi connectivity index (χ2v) is 2.35. The molecule has 0 saturated heterocycles. The predicted octanol–water partition coefficient (Wildman–Crippen LogP) is -0.0868. The summed E-state index contributed by atoms with van der Waals surface area (Å²) in [6.45, 7) is 0. The lowest BCUT2D eigenvalue weighted by Gasteiger charge is -1.78. The number of hydrogen-bond acceptors (Lipinski definition) is 2. The second-order valence-electron chi connectivity index (χ2n) is 1.59. The first-order valence-electron chi connectivity index (χ1n) is 2.42. The molecule has 0 aliphatic heterocycles. The van der Waals surface area contributed by atoms with Gasteiger partial charge in [-0.05, 0) is 0 Å². The third-order valence-electron chi connectivity index (χ3n) is 0.845. The lowest BCUT2D eigenvalue weighted by molar-refractivity contribution is -0.520. The van der Waals surface area contributed by atoms with Crippen LogP contribution in [-0.4, -0.2) is 18.4 Å². The average Bonchev–Trinajstić information content (AvgIpc) is 2.15. The van der Waals surface area contributed by atoms with Crippen molar-refractivity contribution in [1.29, 1.82) is 0 Å². The van der Waals surface area contributed by atoms with Gasteiger partial charge in [-0.15, -0.1) is 0 Å². The Labute approximate surface area is 56.8 Å². The van der Waals surface area contributed by atoms with Crippen LogP contribution < -0.4 is 4.48 Å². The molecule has 3 nitrogen and oxygen atoms in total. The van der Waals surface area contributed by atoms with E-state index in [0.717, 1.165) is 0 Å². The topological polar surface area (TPSA) is 41.2 Å². The van der Waals surface area contributed by atoms with Crippen LogP contribution in [-0.2, 0) is 0 Å². The maximum atomic E-state index is 10.1. The van der Waals surface area contributed by atoms with Gasteiger partial charge in [-0.3, -0.25) is 9.27 Å². The number of rotatable bonds is 2. The highest BCUT2D eigenvalue weighted by molar-refractivity contribution is 7.07. The molecule has 5 heteroatoms. The molecule has 0 radical (unpaired) electrons. The molecule has 1 aromatic rings. The molecule has 0 aliphatic carbocycles. The minimum atomic E-state index is -0.807. The monoisotopic (exact) mass is 142 g/mol. The molecule has 1 rings (SSSR count). The molecule has 0 spiro atoms. The number of aromatic nitrogens is 1. The molecule has 1 aromatic heterocycles.